The first kappa shape index (κ1) is 12.9. The molecule has 0 aliphatic carbocycles. The fourth-order valence-corrected chi connectivity index (χ4v) is 1.36. The monoisotopic (exact) mass is 220 g/mol. The van der Waals surface area contributed by atoms with Crippen molar-refractivity contribution in [3.8, 4) is 0 Å². The molecule has 88 valence electrons. The van der Waals surface area contributed by atoms with E-state index >= 15 is 0 Å². The Morgan fingerprint density at radius 1 is 1.12 bits per heavy atom. The number of hydrogen-bond acceptors (Lipinski definition) is 2. The molecule has 0 fully saturated rings. The molecule has 0 aliphatic rings. The van der Waals surface area contributed by atoms with Crippen LogP contribution in [0.15, 0.2) is 36.4 Å². The summed E-state index contributed by atoms with van der Waals surface area (Å²) in [4.78, 5) is 0. The number of ether oxygens (including phenoxy) is 2. The average Bonchev–Trinajstić information content (AvgIpc) is 2.25. The van der Waals surface area contributed by atoms with Gasteiger partial charge < -0.3 is 9.47 Å². The van der Waals surface area contributed by atoms with E-state index in [1.807, 2.05) is 51.1 Å². The molecule has 0 aliphatic heterocycles. The molecule has 0 saturated carbocycles. The molecule has 1 unspecified atom stereocenters. The minimum absolute atomic E-state index is 0.152. The Balaban J connectivity index is 2.23. The highest BCUT2D eigenvalue weighted by Crippen LogP contribution is 2.02. The van der Waals surface area contributed by atoms with Crippen LogP contribution < -0.4 is 0 Å². The van der Waals surface area contributed by atoms with Crippen LogP contribution in [-0.2, 0) is 9.47 Å². The molecule has 16 heavy (non-hydrogen) atoms. The first-order chi connectivity index (χ1) is 7.68. The van der Waals surface area contributed by atoms with E-state index in [0.29, 0.717) is 6.61 Å². The van der Waals surface area contributed by atoms with E-state index in [0.717, 1.165) is 0 Å². The van der Waals surface area contributed by atoms with Crippen LogP contribution in [-0.4, -0.2) is 19.0 Å². The third-order valence-electron chi connectivity index (χ3n) is 2.00. The molecule has 1 rings (SSSR count). The number of hydrogen-bond donors (Lipinski definition) is 0. The van der Waals surface area contributed by atoms with E-state index < -0.39 is 0 Å². The maximum Gasteiger partial charge on any atom is 0.155 e. The summed E-state index contributed by atoms with van der Waals surface area (Å²) in [6.07, 6.45) is 4.09. The van der Waals surface area contributed by atoms with Crippen molar-refractivity contribution in [1.82, 2.24) is 0 Å². The highest BCUT2D eigenvalue weighted by Gasteiger charge is 2.02. The summed E-state index contributed by atoms with van der Waals surface area (Å²) >= 11 is 0. The average molecular weight is 220 g/mol. The van der Waals surface area contributed by atoms with Crippen LogP contribution in [0.1, 0.15) is 26.3 Å². The van der Waals surface area contributed by atoms with Gasteiger partial charge in [0, 0.05) is 0 Å². The lowest BCUT2D eigenvalue weighted by molar-refractivity contribution is -0.144. The van der Waals surface area contributed by atoms with Gasteiger partial charge in [0.15, 0.2) is 6.29 Å². The molecule has 0 saturated heterocycles. The fourth-order valence-electron chi connectivity index (χ4n) is 1.36. The lowest BCUT2D eigenvalue weighted by Gasteiger charge is -2.15. The van der Waals surface area contributed by atoms with Crippen LogP contribution >= 0.6 is 0 Å². The van der Waals surface area contributed by atoms with Crippen LogP contribution in [0.5, 0.6) is 0 Å². The molecule has 0 bridgehead atoms. The van der Waals surface area contributed by atoms with Crippen LogP contribution in [0.4, 0.5) is 0 Å². The van der Waals surface area contributed by atoms with Gasteiger partial charge in [-0.05, 0) is 26.3 Å². The smallest absolute Gasteiger partial charge is 0.155 e. The Morgan fingerprint density at radius 2 is 1.81 bits per heavy atom. The predicted molar refractivity (Wildman–Crippen MR) is 67.1 cm³/mol. The summed E-state index contributed by atoms with van der Waals surface area (Å²) in [5.74, 6) is 0. The SMILES string of the molecule is CC(C)OC(C)OCC=Cc1ccccc1. The molecule has 2 heteroatoms. The molecule has 0 heterocycles. The van der Waals surface area contributed by atoms with E-state index in [1.54, 1.807) is 0 Å². The first-order valence-electron chi connectivity index (χ1n) is 5.67. The quantitative estimate of drug-likeness (QED) is 0.683. The van der Waals surface area contributed by atoms with Crippen molar-refractivity contribution in [2.24, 2.45) is 0 Å². The van der Waals surface area contributed by atoms with Gasteiger partial charge in [0.25, 0.3) is 0 Å². The van der Waals surface area contributed by atoms with Gasteiger partial charge in [0.1, 0.15) is 0 Å². The van der Waals surface area contributed by atoms with Crippen molar-refractivity contribution in [2.75, 3.05) is 6.61 Å². The van der Waals surface area contributed by atoms with E-state index in [9.17, 15) is 0 Å². The van der Waals surface area contributed by atoms with Gasteiger partial charge in [-0.2, -0.15) is 0 Å². The molecule has 0 radical (unpaired) electrons. The maximum atomic E-state index is 5.47. The van der Waals surface area contributed by atoms with Crippen molar-refractivity contribution >= 4 is 6.08 Å². The Kier molecular flexibility index (Phi) is 5.83. The first-order valence-corrected chi connectivity index (χ1v) is 5.67. The van der Waals surface area contributed by atoms with Crippen molar-refractivity contribution in [3.63, 3.8) is 0 Å². The van der Waals surface area contributed by atoms with Crippen molar-refractivity contribution < 1.29 is 9.47 Å². The standard InChI is InChI=1S/C14H20O2/c1-12(2)16-13(3)15-11-7-10-14-8-5-4-6-9-14/h4-10,12-13H,11H2,1-3H3. The second-order valence-electron chi connectivity index (χ2n) is 3.90. The Hall–Kier alpha value is -1.12. The van der Waals surface area contributed by atoms with Crippen LogP contribution in [0.3, 0.4) is 0 Å². The summed E-state index contributed by atoms with van der Waals surface area (Å²) in [6, 6.07) is 10.2. The van der Waals surface area contributed by atoms with E-state index in [-0.39, 0.29) is 12.4 Å². The highest BCUT2D eigenvalue weighted by atomic mass is 16.7. The highest BCUT2D eigenvalue weighted by molar-refractivity contribution is 5.48. The van der Waals surface area contributed by atoms with Gasteiger partial charge in [0.2, 0.25) is 0 Å². The molecule has 2 nitrogen and oxygen atoms in total. The lowest BCUT2D eigenvalue weighted by atomic mass is 10.2. The molecular weight excluding hydrogens is 200 g/mol. The predicted octanol–water partition coefficient (Wildman–Crippen LogP) is 3.49. The second kappa shape index (κ2) is 7.20. The van der Waals surface area contributed by atoms with Crippen molar-refractivity contribution in [1.29, 1.82) is 0 Å². The Labute approximate surface area is 97.9 Å². The van der Waals surface area contributed by atoms with Crippen LogP contribution in [0, 0.1) is 0 Å². The van der Waals surface area contributed by atoms with Gasteiger partial charge in [-0.1, -0.05) is 42.5 Å². The largest absolute Gasteiger partial charge is 0.350 e. The Bertz CT molecular complexity index is 304. The maximum absolute atomic E-state index is 5.47. The topological polar surface area (TPSA) is 18.5 Å². The van der Waals surface area contributed by atoms with Gasteiger partial charge in [0.05, 0.1) is 12.7 Å². The summed E-state index contributed by atoms with van der Waals surface area (Å²) in [7, 11) is 0. The molecule has 0 amide bonds. The zero-order chi connectivity index (χ0) is 11.8. The summed E-state index contributed by atoms with van der Waals surface area (Å²) in [5.41, 5.74) is 1.18. The Morgan fingerprint density at radius 3 is 2.44 bits per heavy atom. The number of rotatable bonds is 6. The minimum Gasteiger partial charge on any atom is -0.350 e. The number of benzene rings is 1. The molecule has 1 atom stereocenters. The fraction of sp³-hybridized carbons (Fsp3) is 0.429. The van der Waals surface area contributed by atoms with Crippen LogP contribution in [0.2, 0.25) is 0 Å². The molecule has 1 aromatic rings. The molecule has 0 spiro atoms. The zero-order valence-electron chi connectivity index (χ0n) is 10.2. The van der Waals surface area contributed by atoms with E-state index in [2.05, 4.69) is 12.1 Å². The van der Waals surface area contributed by atoms with Gasteiger partial charge in [-0.3, -0.25) is 0 Å². The van der Waals surface area contributed by atoms with Crippen molar-refractivity contribution in [3.05, 3.63) is 42.0 Å². The molecule has 1 aromatic carbocycles. The molecular formula is C14H20O2. The molecule has 0 N–H and O–H groups in total. The van der Waals surface area contributed by atoms with Crippen molar-refractivity contribution in [2.45, 2.75) is 33.2 Å². The molecule has 0 aromatic heterocycles. The van der Waals surface area contributed by atoms with E-state index in [4.69, 9.17) is 9.47 Å². The third kappa shape index (κ3) is 5.69. The third-order valence-corrected chi connectivity index (χ3v) is 2.00. The van der Waals surface area contributed by atoms with Gasteiger partial charge >= 0.3 is 0 Å². The van der Waals surface area contributed by atoms with Crippen LogP contribution in [0.25, 0.3) is 6.08 Å². The second-order valence-corrected chi connectivity index (χ2v) is 3.90. The summed E-state index contributed by atoms with van der Waals surface area (Å²) in [6.45, 7) is 6.48. The normalized spacial score (nSPS) is 13.5. The van der Waals surface area contributed by atoms with Gasteiger partial charge in [-0.15, -0.1) is 0 Å². The summed E-state index contributed by atoms with van der Waals surface area (Å²) in [5, 5.41) is 0. The minimum atomic E-state index is -0.152. The van der Waals surface area contributed by atoms with E-state index in [1.165, 1.54) is 5.56 Å². The lowest BCUT2D eigenvalue weighted by Crippen LogP contribution is -2.17. The zero-order valence-corrected chi connectivity index (χ0v) is 10.2. The summed E-state index contributed by atoms with van der Waals surface area (Å²) < 4.78 is 10.9. The van der Waals surface area contributed by atoms with Gasteiger partial charge in [-0.25, -0.2) is 0 Å².